The first kappa shape index (κ1) is 20.6. The molecular weight excluding hydrogens is 382 g/mol. The van der Waals surface area contributed by atoms with Gasteiger partial charge in [0.15, 0.2) is 5.15 Å². The van der Waals surface area contributed by atoms with Crippen molar-refractivity contribution in [2.75, 3.05) is 23.5 Å². The number of carbonyl (C=O) groups excluding carboxylic acids is 1. The Morgan fingerprint density at radius 1 is 1.65 bits per heavy atom. The lowest BCUT2D eigenvalue weighted by Gasteiger charge is -2.15. The molecule has 1 fully saturated rings. The van der Waals surface area contributed by atoms with E-state index in [1.165, 1.54) is 16.7 Å². The van der Waals surface area contributed by atoms with Crippen molar-refractivity contribution in [3.63, 3.8) is 0 Å². The molecule has 0 spiro atoms. The first-order valence-corrected chi connectivity index (χ1v) is 9.56. The highest BCUT2D eigenvalue weighted by Crippen LogP contribution is 2.50. The zero-order valence-electron chi connectivity index (χ0n) is 14.7. The monoisotopic (exact) mass is 402 g/mol. The van der Waals surface area contributed by atoms with E-state index in [4.69, 9.17) is 11.6 Å². The third-order valence-electron chi connectivity index (χ3n) is 4.01. The standard InChI is InChI=1S/C17H21ClF2N4OS/c1-12(5-4-7-21-2)24-10-14(16(18)22-24)23(3)15(25)6-8-26-11-13-9-17(13,19)20/h4-5,7,10,13H,2,6,8-9,11H2,1,3H3/b7-4-,12-5+. The molecule has 1 aromatic rings. The molecule has 1 unspecified atom stereocenters. The van der Waals surface area contributed by atoms with Gasteiger partial charge in [0.05, 0.1) is 6.20 Å². The normalized spacial score (nSPS) is 19.0. The van der Waals surface area contributed by atoms with Crippen molar-refractivity contribution in [3.05, 3.63) is 29.7 Å². The van der Waals surface area contributed by atoms with Gasteiger partial charge >= 0.3 is 0 Å². The third kappa shape index (κ3) is 5.41. The van der Waals surface area contributed by atoms with Gasteiger partial charge in [0, 0.05) is 49.2 Å². The van der Waals surface area contributed by atoms with Crippen LogP contribution in [0, 0.1) is 5.92 Å². The van der Waals surface area contributed by atoms with Gasteiger partial charge in [-0.1, -0.05) is 11.6 Å². The van der Waals surface area contributed by atoms with Crippen molar-refractivity contribution in [1.29, 1.82) is 0 Å². The van der Waals surface area contributed by atoms with E-state index in [1.807, 2.05) is 6.92 Å². The first-order chi connectivity index (χ1) is 12.3. The minimum absolute atomic E-state index is 0.0342. The number of carbonyl (C=O) groups is 1. The van der Waals surface area contributed by atoms with E-state index < -0.39 is 11.8 Å². The lowest BCUT2D eigenvalue weighted by Crippen LogP contribution is -2.26. The molecule has 0 aromatic carbocycles. The predicted molar refractivity (Wildman–Crippen MR) is 104 cm³/mol. The summed E-state index contributed by atoms with van der Waals surface area (Å²) in [5, 5.41) is 4.40. The average molecular weight is 403 g/mol. The van der Waals surface area contributed by atoms with Gasteiger partial charge < -0.3 is 4.90 Å². The molecule has 0 N–H and O–H groups in total. The SMILES string of the molecule is C=N/C=C\C=C(/C)n1cc(N(C)C(=O)CCSCC2CC2(F)F)c(Cl)n1. The van der Waals surface area contributed by atoms with Crippen LogP contribution in [-0.2, 0) is 4.79 Å². The first-order valence-electron chi connectivity index (χ1n) is 8.03. The van der Waals surface area contributed by atoms with Crippen molar-refractivity contribution >= 4 is 47.4 Å². The highest BCUT2D eigenvalue weighted by Gasteiger charge is 2.56. The number of hydrogen-bond donors (Lipinski definition) is 0. The van der Waals surface area contributed by atoms with Crippen molar-refractivity contribution in [2.24, 2.45) is 10.9 Å². The lowest BCUT2D eigenvalue weighted by atomic mass is 10.4. The van der Waals surface area contributed by atoms with Crippen LogP contribution in [0.1, 0.15) is 19.8 Å². The molecule has 142 valence electrons. The van der Waals surface area contributed by atoms with Crippen LogP contribution in [0.15, 0.2) is 29.5 Å². The Hall–Kier alpha value is -1.67. The van der Waals surface area contributed by atoms with Crippen LogP contribution >= 0.6 is 23.4 Å². The molecule has 5 nitrogen and oxygen atoms in total. The minimum atomic E-state index is -2.50. The number of alkyl halides is 2. The van der Waals surface area contributed by atoms with Crippen molar-refractivity contribution in [3.8, 4) is 0 Å². The maximum absolute atomic E-state index is 12.8. The van der Waals surface area contributed by atoms with Gasteiger partial charge in [-0.15, -0.1) is 0 Å². The lowest BCUT2D eigenvalue weighted by molar-refractivity contribution is -0.117. The Morgan fingerprint density at radius 2 is 2.35 bits per heavy atom. The number of anilines is 1. The molecule has 0 aliphatic heterocycles. The van der Waals surface area contributed by atoms with E-state index in [-0.39, 0.29) is 23.9 Å². The van der Waals surface area contributed by atoms with Gasteiger partial charge in [-0.2, -0.15) is 16.9 Å². The van der Waals surface area contributed by atoms with Crippen molar-refractivity contribution < 1.29 is 13.6 Å². The highest BCUT2D eigenvalue weighted by molar-refractivity contribution is 7.99. The summed E-state index contributed by atoms with van der Waals surface area (Å²) in [5.74, 6) is -2.29. The van der Waals surface area contributed by atoms with E-state index >= 15 is 0 Å². The largest absolute Gasteiger partial charge is 0.311 e. The van der Waals surface area contributed by atoms with Gasteiger partial charge in [-0.05, 0) is 25.8 Å². The number of thioether (sulfide) groups is 1. The van der Waals surface area contributed by atoms with Gasteiger partial charge in [-0.25, -0.2) is 13.5 Å². The zero-order chi connectivity index (χ0) is 19.3. The number of aliphatic imine (C=N–C) groups is 1. The van der Waals surface area contributed by atoms with Crippen molar-refractivity contribution in [1.82, 2.24) is 9.78 Å². The summed E-state index contributed by atoms with van der Waals surface area (Å²) in [6, 6.07) is 0. The predicted octanol–water partition coefficient (Wildman–Crippen LogP) is 4.35. The summed E-state index contributed by atoms with van der Waals surface area (Å²) in [7, 11) is 1.62. The summed E-state index contributed by atoms with van der Waals surface area (Å²) < 4.78 is 27.2. The number of hydrogen-bond acceptors (Lipinski definition) is 4. The van der Waals surface area contributed by atoms with Crippen molar-refractivity contribution in [2.45, 2.75) is 25.7 Å². The van der Waals surface area contributed by atoms with Gasteiger partial charge in [0.2, 0.25) is 5.91 Å². The molecule has 1 aliphatic rings. The number of allylic oxidation sites excluding steroid dienone is 3. The average Bonchev–Trinajstić information content (AvgIpc) is 3.01. The Labute approximate surface area is 160 Å². The van der Waals surface area contributed by atoms with E-state index in [0.29, 0.717) is 17.2 Å². The quantitative estimate of drug-likeness (QED) is 0.350. The molecule has 9 heteroatoms. The molecule has 1 aromatic heterocycles. The number of aromatic nitrogens is 2. The molecule has 0 saturated heterocycles. The molecule has 1 atom stereocenters. The Kier molecular flexibility index (Phi) is 7.00. The van der Waals surface area contributed by atoms with Crippen LogP contribution in [0.3, 0.4) is 0 Å². The zero-order valence-corrected chi connectivity index (χ0v) is 16.2. The summed E-state index contributed by atoms with van der Waals surface area (Å²) in [6.45, 7) is 5.19. The van der Waals surface area contributed by atoms with E-state index in [2.05, 4.69) is 16.8 Å². The molecule has 0 bridgehead atoms. The van der Waals surface area contributed by atoms with E-state index in [0.717, 1.165) is 5.70 Å². The maximum Gasteiger partial charge on any atom is 0.252 e. The van der Waals surface area contributed by atoms with Gasteiger partial charge in [0.1, 0.15) is 5.69 Å². The number of halogens is 3. The molecular formula is C17H21ClF2N4OS. The molecule has 26 heavy (non-hydrogen) atoms. The number of amides is 1. The number of rotatable bonds is 9. The molecule has 1 heterocycles. The second kappa shape index (κ2) is 8.81. The van der Waals surface area contributed by atoms with Crippen LogP contribution in [0.5, 0.6) is 0 Å². The third-order valence-corrected chi connectivity index (χ3v) is 5.41. The Bertz CT molecular complexity index is 732. The summed E-state index contributed by atoms with van der Waals surface area (Å²) >= 11 is 7.52. The van der Waals surface area contributed by atoms with E-state index in [1.54, 1.807) is 36.3 Å². The van der Waals surface area contributed by atoms with Gasteiger partial charge in [-0.3, -0.25) is 9.79 Å². The maximum atomic E-state index is 12.8. The molecule has 1 aliphatic carbocycles. The molecule has 1 saturated carbocycles. The fraction of sp³-hybridized carbons (Fsp3) is 0.471. The smallest absolute Gasteiger partial charge is 0.252 e. The van der Waals surface area contributed by atoms with Crippen LogP contribution in [0.4, 0.5) is 14.5 Å². The van der Waals surface area contributed by atoms with Crippen LogP contribution in [0.25, 0.3) is 5.70 Å². The Morgan fingerprint density at radius 3 is 2.96 bits per heavy atom. The molecule has 2 rings (SSSR count). The molecule has 1 amide bonds. The summed E-state index contributed by atoms with van der Waals surface area (Å²) in [6.07, 6.45) is 6.93. The minimum Gasteiger partial charge on any atom is -0.311 e. The fourth-order valence-electron chi connectivity index (χ4n) is 2.21. The van der Waals surface area contributed by atoms with Crippen LogP contribution in [-0.4, -0.2) is 46.9 Å². The molecule has 0 radical (unpaired) electrons. The van der Waals surface area contributed by atoms with Crippen LogP contribution < -0.4 is 4.90 Å². The summed E-state index contributed by atoms with van der Waals surface area (Å²) in [5.41, 5.74) is 1.29. The summed E-state index contributed by atoms with van der Waals surface area (Å²) in [4.78, 5) is 17.3. The second-order valence-corrected chi connectivity index (χ2v) is 7.53. The topological polar surface area (TPSA) is 50.5 Å². The Balaban J connectivity index is 1.88. The van der Waals surface area contributed by atoms with E-state index in [9.17, 15) is 13.6 Å². The fourth-order valence-corrected chi connectivity index (χ4v) is 3.60. The highest BCUT2D eigenvalue weighted by atomic mass is 35.5. The van der Waals surface area contributed by atoms with Crippen LogP contribution in [0.2, 0.25) is 5.15 Å². The second-order valence-electron chi connectivity index (χ2n) is 6.02. The van der Waals surface area contributed by atoms with Gasteiger partial charge in [0.25, 0.3) is 5.92 Å². The number of nitrogens with zero attached hydrogens (tertiary/aromatic N) is 4.